The Morgan fingerprint density at radius 1 is 1.12 bits per heavy atom. The number of para-hydroxylation sites is 1. The molecule has 2 heterocycles. The van der Waals surface area contributed by atoms with Crippen molar-refractivity contribution in [1.29, 1.82) is 0 Å². The van der Waals surface area contributed by atoms with Crippen LogP contribution in [0.5, 0.6) is 0 Å². The van der Waals surface area contributed by atoms with Gasteiger partial charge in [0.15, 0.2) is 5.82 Å². The third-order valence-corrected chi connectivity index (χ3v) is 9.82. The first-order valence-electron chi connectivity index (χ1n) is 14.5. The summed E-state index contributed by atoms with van der Waals surface area (Å²) in [4.78, 5) is 49.6. The van der Waals surface area contributed by atoms with Gasteiger partial charge in [-0.1, -0.05) is 6.07 Å². The molecule has 5 fully saturated rings. The lowest BCUT2D eigenvalue weighted by molar-refractivity contribution is -0.207. The van der Waals surface area contributed by atoms with Crippen LogP contribution < -0.4 is 10.6 Å². The maximum absolute atomic E-state index is 14.3. The molecule has 1 aliphatic heterocycles. The van der Waals surface area contributed by atoms with Crippen molar-refractivity contribution < 1.29 is 27.6 Å². The second-order valence-electron chi connectivity index (χ2n) is 13.0. The molecule has 214 valence electrons. The van der Waals surface area contributed by atoms with Gasteiger partial charge in [-0.05, 0) is 74.8 Å². The Kier molecular flexibility index (Phi) is 5.78. The number of benzene rings is 1. The van der Waals surface area contributed by atoms with Crippen LogP contribution in [0.1, 0.15) is 76.5 Å². The van der Waals surface area contributed by atoms with Gasteiger partial charge in [0.1, 0.15) is 17.4 Å². The maximum Gasteiger partial charge on any atom is 0.249 e. The van der Waals surface area contributed by atoms with Crippen molar-refractivity contribution in [2.45, 2.75) is 94.2 Å². The van der Waals surface area contributed by atoms with Crippen molar-refractivity contribution in [2.24, 2.45) is 17.3 Å². The molecular formula is C29H34F3N5O3. The van der Waals surface area contributed by atoms with Gasteiger partial charge in [-0.25, -0.2) is 18.2 Å². The van der Waals surface area contributed by atoms with Crippen LogP contribution in [0, 0.1) is 23.1 Å². The summed E-state index contributed by atoms with van der Waals surface area (Å²) in [5.74, 6) is -3.62. The Morgan fingerprint density at radius 3 is 2.52 bits per heavy atom. The number of nitrogens with one attached hydrogen (secondary N) is 3. The van der Waals surface area contributed by atoms with E-state index in [2.05, 4.69) is 20.6 Å². The minimum atomic E-state index is -2.65. The number of hydrogen-bond donors (Lipinski definition) is 3. The largest absolute Gasteiger partial charge is 0.344 e. The summed E-state index contributed by atoms with van der Waals surface area (Å²) in [5, 5.41) is 5.80. The Labute approximate surface area is 229 Å². The van der Waals surface area contributed by atoms with Crippen LogP contribution in [0.15, 0.2) is 18.2 Å². The van der Waals surface area contributed by atoms with Crippen molar-refractivity contribution in [3.05, 3.63) is 29.8 Å². The molecule has 0 radical (unpaired) electrons. The van der Waals surface area contributed by atoms with Gasteiger partial charge in [0.05, 0.1) is 17.5 Å². The van der Waals surface area contributed by atoms with Crippen LogP contribution in [0.4, 0.5) is 13.2 Å². The Hall–Kier alpha value is -3.11. The van der Waals surface area contributed by atoms with Gasteiger partial charge in [0.25, 0.3) is 0 Å². The molecule has 2 unspecified atom stereocenters. The summed E-state index contributed by atoms with van der Waals surface area (Å²) >= 11 is 0. The number of amides is 3. The molecule has 7 rings (SSSR count). The van der Waals surface area contributed by atoms with Crippen molar-refractivity contribution in [3.8, 4) is 0 Å². The smallest absolute Gasteiger partial charge is 0.249 e. The van der Waals surface area contributed by atoms with Crippen LogP contribution in [0.2, 0.25) is 0 Å². The number of H-pyrrole nitrogens is 1. The summed E-state index contributed by atoms with van der Waals surface area (Å²) in [5.41, 5.74) is -0.577. The number of aromatic amines is 1. The Bertz CT molecular complexity index is 1370. The molecule has 1 saturated heterocycles. The highest BCUT2D eigenvalue weighted by Crippen LogP contribution is 2.64. The van der Waals surface area contributed by atoms with E-state index in [1.165, 1.54) is 6.07 Å². The summed E-state index contributed by atoms with van der Waals surface area (Å²) < 4.78 is 41.2. The SMILES string of the molecule is O=C(NC(CC(=O)N1CCCC1C1CC1)C(=O)NC1(c2nc3c(F)cccc3[nH]2)CC1)C1CC2(C1)CC(F)(F)C2. The third-order valence-electron chi connectivity index (χ3n) is 9.82. The molecule has 11 heteroatoms. The molecule has 2 atom stereocenters. The number of rotatable bonds is 8. The van der Waals surface area contributed by atoms with Gasteiger partial charge in [-0.15, -0.1) is 0 Å². The van der Waals surface area contributed by atoms with Crippen LogP contribution in [-0.2, 0) is 19.9 Å². The molecule has 8 nitrogen and oxygen atoms in total. The predicted molar refractivity (Wildman–Crippen MR) is 138 cm³/mol. The Morgan fingerprint density at radius 2 is 1.88 bits per heavy atom. The molecule has 3 amide bonds. The highest BCUT2D eigenvalue weighted by atomic mass is 19.3. The van der Waals surface area contributed by atoms with Crippen molar-refractivity contribution >= 4 is 28.8 Å². The molecule has 5 aliphatic rings. The number of imidazole rings is 1. The van der Waals surface area contributed by atoms with E-state index < -0.39 is 40.6 Å². The van der Waals surface area contributed by atoms with E-state index in [0.717, 1.165) is 25.7 Å². The number of carbonyl (C=O) groups excluding carboxylic acids is 3. The third kappa shape index (κ3) is 4.55. The molecule has 1 spiro atoms. The summed E-state index contributed by atoms with van der Waals surface area (Å²) in [6.45, 7) is 0.649. The van der Waals surface area contributed by atoms with Crippen LogP contribution in [0.25, 0.3) is 11.0 Å². The standard InChI is InChI=1S/C29H34F3N5O3/c30-18-3-1-4-19-23(18)35-26(34-19)28(8-9-28)36-25(40)20(11-22(38)37-10-2-5-21(37)16-6-7-16)33-24(39)17-12-27(13-17)14-29(31,32)15-27/h1,3-4,16-17,20-21H,2,5-15H2,(H,33,39)(H,34,35)(H,36,40). The van der Waals surface area contributed by atoms with Crippen molar-refractivity contribution in [3.63, 3.8) is 0 Å². The number of aromatic nitrogens is 2. The normalized spacial score (nSPS) is 26.7. The van der Waals surface area contributed by atoms with E-state index >= 15 is 0 Å². The first kappa shape index (κ1) is 25.8. The van der Waals surface area contributed by atoms with Crippen LogP contribution in [0.3, 0.4) is 0 Å². The molecule has 4 aliphatic carbocycles. The number of hydrogen-bond acceptors (Lipinski definition) is 4. The van der Waals surface area contributed by atoms with Crippen LogP contribution >= 0.6 is 0 Å². The average Bonchev–Trinajstić information content (AvgIpc) is 3.76. The number of nitrogens with zero attached hydrogens (tertiary/aromatic N) is 2. The fraction of sp³-hybridized carbons (Fsp3) is 0.655. The molecule has 3 N–H and O–H groups in total. The fourth-order valence-electron chi connectivity index (χ4n) is 7.46. The molecule has 0 bridgehead atoms. The second-order valence-corrected chi connectivity index (χ2v) is 13.0. The lowest BCUT2D eigenvalue weighted by atomic mass is 9.50. The number of likely N-dealkylation sites (tertiary alicyclic amines) is 1. The summed E-state index contributed by atoms with van der Waals surface area (Å²) in [7, 11) is 0. The topological polar surface area (TPSA) is 107 Å². The number of carbonyl (C=O) groups is 3. The van der Waals surface area contributed by atoms with E-state index in [4.69, 9.17) is 0 Å². The minimum Gasteiger partial charge on any atom is -0.344 e. The van der Waals surface area contributed by atoms with E-state index in [1.807, 2.05) is 4.90 Å². The zero-order chi connectivity index (χ0) is 27.9. The number of alkyl halides is 2. The molecule has 40 heavy (non-hydrogen) atoms. The second kappa shape index (κ2) is 8.94. The van der Waals surface area contributed by atoms with E-state index in [1.54, 1.807) is 12.1 Å². The number of halogens is 3. The zero-order valence-corrected chi connectivity index (χ0v) is 22.3. The zero-order valence-electron chi connectivity index (χ0n) is 22.3. The molecule has 1 aromatic heterocycles. The van der Waals surface area contributed by atoms with E-state index in [-0.39, 0.29) is 42.6 Å². The van der Waals surface area contributed by atoms with Gasteiger partial charge in [0.2, 0.25) is 23.6 Å². The molecular weight excluding hydrogens is 523 g/mol. The lowest BCUT2D eigenvalue weighted by Gasteiger charge is -2.56. The lowest BCUT2D eigenvalue weighted by Crippen LogP contribution is -2.59. The number of fused-ring (bicyclic) bond motifs is 1. The molecule has 2 aromatic rings. The van der Waals surface area contributed by atoms with Crippen LogP contribution in [-0.4, -0.2) is 57.1 Å². The van der Waals surface area contributed by atoms with E-state index in [0.29, 0.717) is 49.5 Å². The maximum atomic E-state index is 14.3. The molecule has 1 aromatic carbocycles. The van der Waals surface area contributed by atoms with Gasteiger partial charge >= 0.3 is 0 Å². The van der Waals surface area contributed by atoms with Crippen molar-refractivity contribution in [2.75, 3.05) is 6.54 Å². The first-order valence-corrected chi connectivity index (χ1v) is 14.5. The van der Waals surface area contributed by atoms with Gasteiger partial charge in [-0.2, -0.15) is 0 Å². The minimum absolute atomic E-state index is 0.158. The highest BCUT2D eigenvalue weighted by molar-refractivity contribution is 5.93. The summed E-state index contributed by atoms with van der Waals surface area (Å²) in [6.07, 6.45) is 5.49. The first-order chi connectivity index (χ1) is 19.1. The van der Waals surface area contributed by atoms with Gasteiger partial charge < -0.3 is 20.5 Å². The monoisotopic (exact) mass is 557 g/mol. The highest BCUT2D eigenvalue weighted by Gasteiger charge is 2.63. The van der Waals surface area contributed by atoms with E-state index in [9.17, 15) is 27.6 Å². The van der Waals surface area contributed by atoms with Gasteiger partial charge in [-0.3, -0.25) is 14.4 Å². The predicted octanol–water partition coefficient (Wildman–Crippen LogP) is 3.91. The quantitative estimate of drug-likeness (QED) is 0.458. The Balaban J connectivity index is 1.07. The summed E-state index contributed by atoms with van der Waals surface area (Å²) in [6, 6.07) is 3.71. The fourth-order valence-corrected chi connectivity index (χ4v) is 7.46. The van der Waals surface area contributed by atoms with Crippen molar-refractivity contribution in [1.82, 2.24) is 25.5 Å². The van der Waals surface area contributed by atoms with Gasteiger partial charge in [0, 0.05) is 31.3 Å². The molecule has 4 saturated carbocycles. The average molecular weight is 558 g/mol.